The average molecular weight is 491 g/mol. The molecule has 4 unspecified atom stereocenters. The first kappa shape index (κ1) is 21.5. The van der Waals surface area contributed by atoms with Crippen molar-refractivity contribution in [3.63, 3.8) is 0 Å². The molecular weight excluding hydrogens is 468 g/mol. The summed E-state index contributed by atoms with van der Waals surface area (Å²) in [6.45, 7) is 3.96. The molecule has 4 rings (SSSR count). The number of imide groups is 1. The summed E-state index contributed by atoms with van der Waals surface area (Å²) < 4.78 is 16.6. The van der Waals surface area contributed by atoms with Crippen LogP contribution in [0.1, 0.15) is 25.8 Å². The summed E-state index contributed by atoms with van der Waals surface area (Å²) in [7, 11) is 0. The molecule has 164 valence electrons. The third-order valence-corrected chi connectivity index (χ3v) is 6.46. The number of benzene rings is 1. The van der Waals surface area contributed by atoms with Crippen molar-refractivity contribution in [2.75, 3.05) is 19.8 Å². The van der Waals surface area contributed by atoms with Crippen molar-refractivity contribution >= 4 is 39.9 Å². The van der Waals surface area contributed by atoms with E-state index in [2.05, 4.69) is 21.0 Å². The fourth-order valence-electron chi connectivity index (χ4n) is 4.49. The number of fused-ring (bicyclic) bond motifs is 5. The summed E-state index contributed by atoms with van der Waals surface area (Å²) in [5.41, 5.74) is 0.602. The van der Waals surface area contributed by atoms with Crippen molar-refractivity contribution in [2.45, 2.75) is 20.3 Å². The number of hydrogen-bond acceptors (Lipinski definition) is 7. The minimum atomic E-state index is -0.480. The third kappa shape index (κ3) is 3.98. The molecular formula is C22H23BrN2O6. The number of hydrazone groups is 1. The molecule has 2 aliphatic carbocycles. The smallest absolute Gasteiger partial charge is 0.344 e. The number of carbonyl (C=O) groups excluding carboxylic acids is 3. The third-order valence-electron chi connectivity index (χ3n) is 5.77. The van der Waals surface area contributed by atoms with Crippen LogP contribution in [-0.2, 0) is 19.1 Å². The van der Waals surface area contributed by atoms with Crippen LogP contribution >= 0.6 is 15.9 Å². The molecule has 1 aromatic carbocycles. The Morgan fingerprint density at radius 3 is 2.35 bits per heavy atom. The van der Waals surface area contributed by atoms with Gasteiger partial charge in [-0.25, -0.2) is 4.79 Å². The fourth-order valence-corrected chi connectivity index (χ4v) is 4.92. The lowest BCUT2D eigenvalue weighted by Crippen LogP contribution is -2.28. The van der Waals surface area contributed by atoms with E-state index in [-0.39, 0.29) is 48.7 Å². The number of nitrogens with zero attached hydrogens (tertiary/aromatic N) is 2. The molecule has 0 N–H and O–H groups in total. The van der Waals surface area contributed by atoms with Gasteiger partial charge in [-0.1, -0.05) is 12.2 Å². The van der Waals surface area contributed by atoms with Crippen molar-refractivity contribution in [1.82, 2.24) is 5.01 Å². The zero-order valence-electron chi connectivity index (χ0n) is 17.2. The van der Waals surface area contributed by atoms with Gasteiger partial charge in [0.15, 0.2) is 18.1 Å². The molecule has 2 bridgehead atoms. The van der Waals surface area contributed by atoms with E-state index in [1.807, 2.05) is 19.1 Å². The van der Waals surface area contributed by atoms with Gasteiger partial charge in [-0.2, -0.15) is 10.1 Å². The van der Waals surface area contributed by atoms with E-state index in [1.54, 1.807) is 19.1 Å². The Kier molecular flexibility index (Phi) is 6.13. The standard InChI is InChI=1S/C22H23BrN2O6/c1-3-29-16-8-14(15(23)9-17(16)31-11-18(26)30-4-2)10-24-25-21(27)19-12-5-6-13(7-12)20(19)22(25)28/h5-6,8-10,12-13,19-20H,3-4,7,11H2,1-2H3. The molecule has 2 fully saturated rings. The first-order valence-electron chi connectivity index (χ1n) is 10.3. The molecule has 9 heteroatoms. The van der Waals surface area contributed by atoms with Crippen LogP contribution in [0.5, 0.6) is 11.5 Å². The number of rotatable bonds is 8. The lowest BCUT2D eigenvalue weighted by atomic mass is 9.85. The van der Waals surface area contributed by atoms with Gasteiger partial charge >= 0.3 is 5.97 Å². The Hall–Kier alpha value is -2.68. The van der Waals surface area contributed by atoms with Crippen molar-refractivity contribution < 1.29 is 28.6 Å². The quantitative estimate of drug-likeness (QED) is 0.240. The zero-order valence-corrected chi connectivity index (χ0v) is 18.8. The Morgan fingerprint density at radius 1 is 1.10 bits per heavy atom. The largest absolute Gasteiger partial charge is 0.490 e. The minimum absolute atomic E-state index is 0.138. The topological polar surface area (TPSA) is 94.5 Å². The summed E-state index contributed by atoms with van der Waals surface area (Å²) in [6, 6.07) is 3.33. The van der Waals surface area contributed by atoms with Crippen LogP contribution in [0.4, 0.5) is 0 Å². The maximum Gasteiger partial charge on any atom is 0.344 e. The minimum Gasteiger partial charge on any atom is -0.490 e. The molecule has 0 aromatic heterocycles. The number of carbonyl (C=O) groups is 3. The predicted molar refractivity (Wildman–Crippen MR) is 115 cm³/mol. The van der Waals surface area contributed by atoms with Gasteiger partial charge in [-0.15, -0.1) is 0 Å². The van der Waals surface area contributed by atoms with Crippen molar-refractivity contribution in [1.29, 1.82) is 0 Å². The van der Waals surface area contributed by atoms with Gasteiger partial charge in [-0.05, 0) is 60.2 Å². The predicted octanol–water partition coefficient (Wildman–Crippen LogP) is 2.93. The number of allylic oxidation sites excluding steroid dienone is 2. The van der Waals surface area contributed by atoms with Gasteiger partial charge in [0.2, 0.25) is 0 Å². The first-order chi connectivity index (χ1) is 14.9. The normalized spacial score (nSPS) is 26.1. The van der Waals surface area contributed by atoms with Gasteiger partial charge in [0.25, 0.3) is 11.8 Å². The van der Waals surface area contributed by atoms with Crippen LogP contribution in [0.2, 0.25) is 0 Å². The van der Waals surface area contributed by atoms with E-state index < -0.39 is 5.97 Å². The molecule has 1 heterocycles. The molecule has 0 spiro atoms. The Balaban J connectivity index is 1.52. The number of amides is 2. The number of hydrogen-bond donors (Lipinski definition) is 0. The first-order valence-corrected chi connectivity index (χ1v) is 11.1. The molecule has 31 heavy (non-hydrogen) atoms. The highest BCUT2D eigenvalue weighted by atomic mass is 79.9. The highest BCUT2D eigenvalue weighted by Crippen LogP contribution is 2.52. The van der Waals surface area contributed by atoms with Crippen LogP contribution < -0.4 is 9.47 Å². The van der Waals surface area contributed by atoms with Gasteiger partial charge in [0.1, 0.15) is 0 Å². The number of halogens is 1. The molecule has 8 nitrogen and oxygen atoms in total. The lowest BCUT2D eigenvalue weighted by Gasteiger charge is -2.14. The van der Waals surface area contributed by atoms with E-state index in [1.165, 1.54) is 6.21 Å². The summed E-state index contributed by atoms with van der Waals surface area (Å²) in [4.78, 5) is 37.1. The van der Waals surface area contributed by atoms with Gasteiger partial charge < -0.3 is 14.2 Å². The molecule has 1 aliphatic heterocycles. The maximum atomic E-state index is 12.8. The van der Waals surface area contributed by atoms with Crippen LogP contribution in [0.15, 0.2) is 33.9 Å². The summed E-state index contributed by atoms with van der Waals surface area (Å²) in [6.07, 6.45) is 6.42. The average Bonchev–Trinajstić information content (AvgIpc) is 3.42. The second-order valence-electron chi connectivity index (χ2n) is 7.58. The summed E-state index contributed by atoms with van der Waals surface area (Å²) >= 11 is 3.45. The van der Waals surface area contributed by atoms with Gasteiger partial charge in [0.05, 0.1) is 31.3 Å². The Morgan fingerprint density at radius 2 is 1.74 bits per heavy atom. The molecule has 1 aromatic rings. The molecule has 0 radical (unpaired) electrons. The highest BCUT2D eigenvalue weighted by molar-refractivity contribution is 9.10. The van der Waals surface area contributed by atoms with Gasteiger partial charge in [-0.3, -0.25) is 9.59 Å². The zero-order chi connectivity index (χ0) is 22.1. The van der Waals surface area contributed by atoms with Crippen molar-refractivity contribution in [2.24, 2.45) is 28.8 Å². The molecule has 2 amide bonds. The highest BCUT2D eigenvalue weighted by Gasteiger charge is 2.59. The number of ether oxygens (including phenoxy) is 3. The second-order valence-corrected chi connectivity index (χ2v) is 8.43. The van der Waals surface area contributed by atoms with Crippen LogP contribution in [0.3, 0.4) is 0 Å². The number of esters is 1. The summed E-state index contributed by atoms with van der Waals surface area (Å²) in [5.74, 6) is -0.484. The van der Waals surface area contributed by atoms with Crippen LogP contribution in [0, 0.1) is 23.7 Å². The van der Waals surface area contributed by atoms with E-state index >= 15 is 0 Å². The van der Waals surface area contributed by atoms with Gasteiger partial charge in [0, 0.05) is 10.0 Å². The Bertz CT molecular complexity index is 945. The SMILES string of the molecule is CCOC(=O)COc1cc(Br)c(C=NN2C(=O)C3C4C=CC(C4)C3C2=O)cc1OCC. The second kappa shape index (κ2) is 8.82. The molecule has 1 saturated heterocycles. The molecule has 4 atom stereocenters. The van der Waals surface area contributed by atoms with Crippen molar-refractivity contribution in [3.8, 4) is 11.5 Å². The fraction of sp³-hybridized carbons (Fsp3) is 0.455. The van der Waals surface area contributed by atoms with E-state index in [0.717, 1.165) is 11.4 Å². The van der Waals surface area contributed by atoms with E-state index in [0.29, 0.717) is 28.1 Å². The van der Waals surface area contributed by atoms with Crippen LogP contribution in [-0.4, -0.2) is 48.8 Å². The summed E-state index contributed by atoms with van der Waals surface area (Å²) in [5, 5.41) is 5.21. The molecule has 3 aliphatic rings. The Labute approximate surface area is 188 Å². The lowest BCUT2D eigenvalue weighted by molar-refractivity contribution is -0.145. The van der Waals surface area contributed by atoms with E-state index in [4.69, 9.17) is 14.2 Å². The van der Waals surface area contributed by atoms with Crippen LogP contribution in [0.25, 0.3) is 0 Å². The maximum absolute atomic E-state index is 12.8. The van der Waals surface area contributed by atoms with E-state index in [9.17, 15) is 14.4 Å². The molecule has 1 saturated carbocycles. The van der Waals surface area contributed by atoms with Crippen molar-refractivity contribution in [3.05, 3.63) is 34.3 Å². The monoisotopic (exact) mass is 490 g/mol.